The minimum absolute atomic E-state index is 0.139. The van der Waals surface area contributed by atoms with E-state index in [0.29, 0.717) is 25.4 Å². The second kappa shape index (κ2) is 8.74. The summed E-state index contributed by atoms with van der Waals surface area (Å²) in [5, 5.41) is 7.59. The van der Waals surface area contributed by atoms with E-state index in [4.69, 9.17) is 4.74 Å². The number of nitrogens with zero attached hydrogens (tertiary/aromatic N) is 2. The van der Waals surface area contributed by atoms with Crippen LogP contribution in [-0.2, 0) is 6.54 Å². The lowest BCUT2D eigenvalue weighted by Crippen LogP contribution is -2.30. The molecule has 3 aromatic rings. The van der Waals surface area contributed by atoms with Gasteiger partial charge in [-0.3, -0.25) is 9.48 Å². The highest BCUT2D eigenvalue weighted by Gasteiger charge is 2.17. The van der Waals surface area contributed by atoms with Crippen LogP contribution in [-0.4, -0.2) is 28.8 Å². The Balaban J connectivity index is 1.71. The maximum atomic E-state index is 12.7. The number of benzene rings is 2. The van der Waals surface area contributed by atoms with Gasteiger partial charge in [-0.1, -0.05) is 35.9 Å². The minimum atomic E-state index is -0.139. The molecule has 1 amide bonds. The van der Waals surface area contributed by atoms with E-state index in [1.165, 1.54) is 16.7 Å². The Morgan fingerprint density at radius 1 is 1.07 bits per heavy atom. The molecular weight excluding hydrogens is 350 g/mol. The smallest absolute Gasteiger partial charge is 0.269 e. The van der Waals surface area contributed by atoms with Crippen LogP contribution in [0, 0.1) is 20.8 Å². The van der Waals surface area contributed by atoms with Gasteiger partial charge in [0.1, 0.15) is 18.1 Å². The molecule has 0 aliphatic rings. The Morgan fingerprint density at radius 3 is 2.39 bits per heavy atom. The van der Waals surface area contributed by atoms with E-state index < -0.39 is 0 Å². The van der Waals surface area contributed by atoms with Crippen molar-refractivity contribution in [1.82, 2.24) is 15.1 Å². The fraction of sp³-hybridized carbons (Fsp3) is 0.304. The third-order valence-corrected chi connectivity index (χ3v) is 4.64. The number of amides is 1. The maximum Gasteiger partial charge on any atom is 0.269 e. The van der Waals surface area contributed by atoms with Gasteiger partial charge in [0.05, 0.1) is 12.2 Å². The average Bonchev–Trinajstić information content (AvgIpc) is 3.09. The van der Waals surface area contributed by atoms with Gasteiger partial charge in [-0.15, -0.1) is 0 Å². The Hall–Kier alpha value is -3.08. The minimum Gasteiger partial charge on any atom is -0.492 e. The zero-order valence-corrected chi connectivity index (χ0v) is 17.0. The molecule has 5 heteroatoms. The quantitative estimate of drug-likeness (QED) is 0.625. The molecule has 0 aliphatic heterocycles. The number of aryl methyl sites for hydroxylation is 4. The van der Waals surface area contributed by atoms with Gasteiger partial charge in [0, 0.05) is 12.1 Å². The number of hydrogen-bond donors (Lipinski definition) is 1. The van der Waals surface area contributed by atoms with Crippen LogP contribution < -0.4 is 10.1 Å². The van der Waals surface area contributed by atoms with Crippen molar-refractivity contribution in [3.63, 3.8) is 0 Å². The summed E-state index contributed by atoms with van der Waals surface area (Å²) < 4.78 is 7.38. The molecule has 0 saturated heterocycles. The molecular formula is C23H27N3O2. The van der Waals surface area contributed by atoms with E-state index in [1.807, 2.05) is 43.3 Å². The lowest BCUT2D eigenvalue weighted by molar-refractivity contribution is 0.0936. The number of para-hydroxylation sites is 1. The van der Waals surface area contributed by atoms with Crippen LogP contribution in [0.1, 0.15) is 34.1 Å². The first-order chi connectivity index (χ1) is 13.5. The second-order valence-corrected chi connectivity index (χ2v) is 6.92. The van der Waals surface area contributed by atoms with Gasteiger partial charge in [-0.05, 0) is 57.0 Å². The van der Waals surface area contributed by atoms with E-state index in [1.54, 1.807) is 4.68 Å². The van der Waals surface area contributed by atoms with Crippen LogP contribution in [0.25, 0.3) is 11.3 Å². The van der Waals surface area contributed by atoms with Crippen molar-refractivity contribution in [3.8, 4) is 17.0 Å². The number of ether oxygens (including phenoxy) is 1. The monoisotopic (exact) mass is 377 g/mol. The number of carbonyl (C=O) groups is 1. The first-order valence-electron chi connectivity index (χ1n) is 9.61. The van der Waals surface area contributed by atoms with Crippen LogP contribution >= 0.6 is 0 Å². The molecule has 0 unspecified atom stereocenters. The summed E-state index contributed by atoms with van der Waals surface area (Å²) in [6.07, 6.45) is 0. The molecule has 1 aromatic heterocycles. The fourth-order valence-electron chi connectivity index (χ4n) is 3.49. The van der Waals surface area contributed by atoms with Gasteiger partial charge in [0.2, 0.25) is 0 Å². The first kappa shape index (κ1) is 19.7. The van der Waals surface area contributed by atoms with Crippen LogP contribution in [0.5, 0.6) is 5.75 Å². The van der Waals surface area contributed by atoms with Crippen molar-refractivity contribution in [2.24, 2.45) is 0 Å². The van der Waals surface area contributed by atoms with E-state index in [2.05, 4.69) is 43.3 Å². The van der Waals surface area contributed by atoms with E-state index >= 15 is 0 Å². The van der Waals surface area contributed by atoms with Gasteiger partial charge in [0.25, 0.3) is 5.91 Å². The zero-order valence-electron chi connectivity index (χ0n) is 17.0. The summed E-state index contributed by atoms with van der Waals surface area (Å²) in [6.45, 7) is 9.72. The summed E-state index contributed by atoms with van der Waals surface area (Å²) in [5.74, 6) is 0.655. The highest BCUT2D eigenvalue weighted by Crippen LogP contribution is 2.28. The topological polar surface area (TPSA) is 56.2 Å². The second-order valence-electron chi connectivity index (χ2n) is 6.92. The lowest BCUT2D eigenvalue weighted by atomic mass is 9.97. The molecule has 146 valence electrons. The zero-order chi connectivity index (χ0) is 20.1. The molecule has 0 saturated carbocycles. The summed E-state index contributed by atoms with van der Waals surface area (Å²) in [4.78, 5) is 12.7. The molecule has 0 bridgehead atoms. The summed E-state index contributed by atoms with van der Waals surface area (Å²) in [6, 6.07) is 15.7. The number of nitrogens with one attached hydrogen (secondary N) is 1. The largest absolute Gasteiger partial charge is 0.492 e. The maximum absolute atomic E-state index is 12.7. The summed E-state index contributed by atoms with van der Waals surface area (Å²) >= 11 is 0. The first-order valence-corrected chi connectivity index (χ1v) is 9.61. The highest BCUT2D eigenvalue weighted by atomic mass is 16.5. The number of hydrogen-bond acceptors (Lipinski definition) is 3. The van der Waals surface area contributed by atoms with E-state index in [-0.39, 0.29) is 5.91 Å². The number of rotatable bonds is 7. The van der Waals surface area contributed by atoms with Crippen LogP contribution in [0.3, 0.4) is 0 Å². The highest BCUT2D eigenvalue weighted by molar-refractivity contribution is 5.94. The molecule has 28 heavy (non-hydrogen) atoms. The van der Waals surface area contributed by atoms with Crippen molar-refractivity contribution in [1.29, 1.82) is 0 Å². The fourth-order valence-corrected chi connectivity index (χ4v) is 3.49. The Morgan fingerprint density at radius 2 is 1.75 bits per heavy atom. The standard InChI is InChI=1S/C23H27N3O2/c1-5-26-21(23(27)24-11-12-28-19-9-7-6-8-10-19)15-20(25-26)22-17(3)13-16(2)14-18(22)4/h6-10,13-15H,5,11-12H2,1-4H3,(H,24,27). The van der Waals surface area contributed by atoms with Crippen molar-refractivity contribution in [2.75, 3.05) is 13.2 Å². The SMILES string of the molecule is CCn1nc(-c2c(C)cc(C)cc2C)cc1C(=O)NCCOc1ccccc1. The Labute approximate surface area is 166 Å². The van der Waals surface area contributed by atoms with Gasteiger partial charge in [0.15, 0.2) is 0 Å². The predicted molar refractivity (Wildman–Crippen MR) is 112 cm³/mol. The van der Waals surface area contributed by atoms with E-state index in [9.17, 15) is 4.79 Å². The van der Waals surface area contributed by atoms with Gasteiger partial charge >= 0.3 is 0 Å². The van der Waals surface area contributed by atoms with Gasteiger partial charge < -0.3 is 10.1 Å². The molecule has 5 nitrogen and oxygen atoms in total. The average molecular weight is 377 g/mol. The predicted octanol–water partition coefficient (Wildman–Crippen LogP) is 4.30. The van der Waals surface area contributed by atoms with E-state index in [0.717, 1.165) is 17.0 Å². The van der Waals surface area contributed by atoms with Crippen LogP contribution in [0.15, 0.2) is 48.5 Å². The summed E-state index contributed by atoms with van der Waals surface area (Å²) in [7, 11) is 0. The molecule has 1 N–H and O–H groups in total. The molecule has 0 aliphatic carbocycles. The van der Waals surface area contributed by atoms with Crippen LogP contribution in [0.4, 0.5) is 0 Å². The molecule has 1 heterocycles. The van der Waals surface area contributed by atoms with Crippen molar-refractivity contribution in [3.05, 3.63) is 70.9 Å². The van der Waals surface area contributed by atoms with Gasteiger partial charge in [-0.25, -0.2) is 0 Å². The molecule has 0 fully saturated rings. The summed E-state index contributed by atoms with van der Waals surface area (Å²) in [5.41, 5.74) is 6.06. The van der Waals surface area contributed by atoms with Gasteiger partial charge in [-0.2, -0.15) is 5.10 Å². The lowest BCUT2D eigenvalue weighted by Gasteiger charge is -2.08. The molecule has 3 rings (SSSR count). The molecule has 0 radical (unpaired) electrons. The normalized spacial score (nSPS) is 10.7. The van der Waals surface area contributed by atoms with Crippen molar-refractivity contribution < 1.29 is 9.53 Å². The van der Waals surface area contributed by atoms with Crippen molar-refractivity contribution in [2.45, 2.75) is 34.2 Å². The Bertz CT molecular complexity index is 938. The third kappa shape index (κ3) is 4.42. The van der Waals surface area contributed by atoms with Crippen molar-refractivity contribution >= 4 is 5.91 Å². The number of carbonyl (C=O) groups excluding carboxylic acids is 1. The Kier molecular flexibility index (Phi) is 6.14. The molecule has 2 aromatic carbocycles. The third-order valence-electron chi connectivity index (χ3n) is 4.64. The number of aromatic nitrogens is 2. The van der Waals surface area contributed by atoms with Crippen LogP contribution in [0.2, 0.25) is 0 Å². The molecule has 0 atom stereocenters. The molecule has 0 spiro atoms.